The third-order valence-corrected chi connectivity index (χ3v) is 5.01. The first kappa shape index (κ1) is 21.7. The van der Waals surface area contributed by atoms with Gasteiger partial charge in [0.15, 0.2) is 5.90 Å². The molecule has 0 spiro atoms. The molecule has 1 saturated heterocycles. The minimum Gasteiger partial charge on any atom is -0.508 e. The Labute approximate surface area is 174 Å². The van der Waals surface area contributed by atoms with Gasteiger partial charge in [-0.3, -0.25) is 4.99 Å². The van der Waals surface area contributed by atoms with E-state index in [1.54, 1.807) is 19.2 Å². The maximum absolute atomic E-state index is 12.3. The maximum atomic E-state index is 12.3. The van der Waals surface area contributed by atoms with Crippen LogP contribution in [0.4, 0.5) is 18.9 Å². The minimum atomic E-state index is -4.74. The van der Waals surface area contributed by atoms with Crippen molar-refractivity contribution in [3.63, 3.8) is 0 Å². The van der Waals surface area contributed by atoms with Gasteiger partial charge in [0, 0.05) is 36.7 Å². The van der Waals surface area contributed by atoms with Crippen molar-refractivity contribution < 1.29 is 27.8 Å². The van der Waals surface area contributed by atoms with Crippen molar-refractivity contribution in [3.8, 4) is 11.5 Å². The number of ether oxygens (including phenoxy) is 2. The van der Waals surface area contributed by atoms with Crippen LogP contribution < -0.4 is 9.64 Å². The second-order valence-corrected chi connectivity index (χ2v) is 7.21. The van der Waals surface area contributed by atoms with Crippen LogP contribution >= 0.6 is 8.86 Å². The Balaban J connectivity index is 1.66. The highest BCUT2D eigenvalue weighted by molar-refractivity contribution is 7.21. The number of alkyl halides is 3. The van der Waals surface area contributed by atoms with Gasteiger partial charge < -0.3 is 19.5 Å². The second-order valence-electron chi connectivity index (χ2n) is 6.63. The summed E-state index contributed by atoms with van der Waals surface area (Å²) < 4.78 is 46.6. The number of anilines is 1. The highest BCUT2D eigenvalue weighted by Crippen LogP contribution is 2.30. The molecule has 1 aliphatic heterocycles. The molecule has 0 saturated carbocycles. The van der Waals surface area contributed by atoms with Crippen molar-refractivity contribution in [3.05, 3.63) is 60.7 Å². The summed E-state index contributed by atoms with van der Waals surface area (Å²) in [4.78, 5) is 6.28. The van der Waals surface area contributed by atoms with Crippen molar-refractivity contribution in [1.82, 2.24) is 0 Å². The standard InChI is InChI=1S/C21H20F3N2O3P/c1-13(14-3-9-18(10-4-14)29-21(22,23)24)28-20(25-2)15-11-19(30)26(12-15)16-5-7-17(27)8-6-16/h3-10,15,27,30H,1,11-12H2,2H3. The number of hydrogen-bond acceptors (Lipinski definition) is 4. The van der Waals surface area contributed by atoms with Crippen LogP contribution in [-0.2, 0) is 4.74 Å². The van der Waals surface area contributed by atoms with Gasteiger partial charge in [0.2, 0.25) is 0 Å². The summed E-state index contributed by atoms with van der Waals surface area (Å²) in [6.45, 7) is 4.47. The number of nitrogens with zero attached hydrogens (tertiary/aromatic N) is 2. The van der Waals surface area contributed by atoms with Crippen LogP contribution in [0.1, 0.15) is 12.0 Å². The van der Waals surface area contributed by atoms with E-state index in [0.717, 1.165) is 11.1 Å². The van der Waals surface area contributed by atoms with Crippen LogP contribution in [0.3, 0.4) is 0 Å². The summed E-state index contributed by atoms with van der Waals surface area (Å²) in [7, 11) is 5.25. The number of aliphatic imine (C=N–C) groups is 1. The van der Waals surface area contributed by atoms with Crippen molar-refractivity contribution >= 4 is 31.6 Å². The zero-order valence-electron chi connectivity index (χ0n) is 16.1. The fraction of sp³-hybridized carbons (Fsp3) is 0.238. The third kappa shape index (κ3) is 5.33. The molecule has 2 aromatic rings. The second kappa shape index (κ2) is 8.79. The maximum Gasteiger partial charge on any atom is 0.573 e. The monoisotopic (exact) mass is 436 g/mol. The fourth-order valence-electron chi connectivity index (χ4n) is 3.14. The Morgan fingerprint density at radius 3 is 2.37 bits per heavy atom. The van der Waals surface area contributed by atoms with Crippen LogP contribution in [0.25, 0.3) is 5.76 Å². The van der Waals surface area contributed by atoms with Crippen LogP contribution in [0, 0.1) is 5.92 Å². The van der Waals surface area contributed by atoms with E-state index in [4.69, 9.17) is 4.74 Å². The Bertz CT molecular complexity index is 957. The first-order valence-electron chi connectivity index (χ1n) is 9.00. The van der Waals surface area contributed by atoms with Crippen molar-refractivity contribution in [2.24, 2.45) is 10.9 Å². The van der Waals surface area contributed by atoms with E-state index < -0.39 is 6.36 Å². The van der Waals surface area contributed by atoms with E-state index in [2.05, 4.69) is 25.2 Å². The van der Waals surface area contributed by atoms with Gasteiger partial charge in [-0.2, -0.15) is 0 Å². The summed E-state index contributed by atoms with van der Waals surface area (Å²) in [5.74, 6) is 0.551. The number of benzene rings is 2. The summed E-state index contributed by atoms with van der Waals surface area (Å²) in [6.07, 6.45) is -4.09. The van der Waals surface area contributed by atoms with E-state index in [0.29, 0.717) is 24.4 Å². The summed E-state index contributed by atoms with van der Waals surface area (Å²) >= 11 is 0. The Kier molecular flexibility index (Phi) is 6.37. The van der Waals surface area contributed by atoms with Crippen molar-refractivity contribution in [2.45, 2.75) is 12.8 Å². The highest BCUT2D eigenvalue weighted by atomic mass is 31.0. The normalized spacial score (nSPS) is 17.2. The van der Waals surface area contributed by atoms with E-state index in [-0.39, 0.29) is 23.2 Å². The molecular weight excluding hydrogens is 416 g/mol. The predicted octanol–water partition coefficient (Wildman–Crippen LogP) is 5.11. The van der Waals surface area contributed by atoms with Crippen molar-refractivity contribution in [2.75, 3.05) is 18.5 Å². The molecule has 9 heteroatoms. The summed E-state index contributed by atoms with van der Waals surface area (Å²) in [5, 5.41) is 9.47. The molecule has 5 nitrogen and oxygen atoms in total. The quantitative estimate of drug-likeness (QED) is 0.307. The molecule has 1 N–H and O–H groups in total. The average molecular weight is 436 g/mol. The highest BCUT2D eigenvalue weighted by Gasteiger charge is 2.32. The smallest absolute Gasteiger partial charge is 0.508 e. The number of aromatic hydroxyl groups is 1. The summed E-state index contributed by atoms with van der Waals surface area (Å²) in [6, 6.07) is 12.1. The van der Waals surface area contributed by atoms with E-state index >= 15 is 0 Å². The van der Waals surface area contributed by atoms with Gasteiger partial charge in [0.25, 0.3) is 0 Å². The van der Waals surface area contributed by atoms with Crippen molar-refractivity contribution in [1.29, 1.82) is 0 Å². The SMILES string of the molecule is C=C(OC(=NC)C1CC(=P)N(c2ccc(O)cc2)C1)c1ccc(OC(F)(F)F)cc1. The molecular formula is C21H20F3N2O3P. The molecule has 3 rings (SSSR count). The van der Waals surface area contributed by atoms with Crippen LogP contribution in [0.15, 0.2) is 60.1 Å². The molecule has 1 unspecified atom stereocenters. The van der Waals surface area contributed by atoms with E-state index in [9.17, 15) is 18.3 Å². The fourth-order valence-corrected chi connectivity index (χ4v) is 3.60. The topological polar surface area (TPSA) is 54.3 Å². The first-order chi connectivity index (χ1) is 14.2. The molecule has 0 bridgehead atoms. The first-order valence-corrected chi connectivity index (χ1v) is 9.50. The van der Waals surface area contributed by atoms with Gasteiger partial charge >= 0.3 is 6.36 Å². The molecule has 1 heterocycles. The predicted molar refractivity (Wildman–Crippen MR) is 113 cm³/mol. The summed E-state index contributed by atoms with van der Waals surface area (Å²) in [5.41, 5.74) is 2.37. The molecule has 0 aromatic heterocycles. The van der Waals surface area contributed by atoms with E-state index in [1.807, 2.05) is 17.0 Å². The van der Waals surface area contributed by atoms with Gasteiger partial charge in [0.1, 0.15) is 17.3 Å². The van der Waals surface area contributed by atoms with Crippen LogP contribution in [0.2, 0.25) is 0 Å². The number of halogens is 3. The lowest BCUT2D eigenvalue weighted by atomic mass is 10.1. The third-order valence-electron chi connectivity index (χ3n) is 4.54. The molecule has 30 heavy (non-hydrogen) atoms. The molecule has 158 valence electrons. The Morgan fingerprint density at radius 1 is 1.17 bits per heavy atom. The molecule has 0 radical (unpaired) electrons. The van der Waals surface area contributed by atoms with Gasteiger partial charge in [-0.05, 0) is 48.5 Å². The zero-order valence-corrected chi connectivity index (χ0v) is 17.1. The van der Waals surface area contributed by atoms with E-state index in [1.165, 1.54) is 24.3 Å². The average Bonchev–Trinajstić information content (AvgIpc) is 3.07. The molecule has 1 aliphatic rings. The Hall–Kier alpha value is -2.99. The molecule has 0 aliphatic carbocycles. The van der Waals surface area contributed by atoms with Gasteiger partial charge in [0.05, 0.1) is 5.92 Å². The lowest BCUT2D eigenvalue weighted by Gasteiger charge is -2.20. The number of hydrogen-bond donors (Lipinski definition) is 1. The van der Waals surface area contributed by atoms with Gasteiger partial charge in [-0.15, -0.1) is 13.2 Å². The van der Waals surface area contributed by atoms with Crippen LogP contribution in [-0.4, -0.2) is 36.4 Å². The van der Waals surface area contributed by atoms with Gasteiger partial charge in [-0.1, -0.05) is 15.4 Å². The van der Waals surface area contributed by atoms with Crippen LogP contribution in [0.5, 0.6) is 11.5 Å². The molecule has 1 fully saturated rings. The number of phenolic OH excluding ortho intramolecular Hbond substituents is 1. The molecule has 2 aromatic carbocycles. The van der Waals surface area contributed by atoms with Gasteiger partial charge in [-0.25, -0.2) is 0 Å². The molecule has 1 atom stereocenters. The Morgan fingerprint density at radius 2 is 1.80 bits per heavy atom. The number of rotatable bonds is 5. The minimum absolute atomic E-state index is 0.0547. The number of phenols is 1. The lowest BCUT2D eigenvalue weighted by Crippen LogP contribution is -2.25. The largest absolute Gasteiger partial charge is 0.573 e. The molecule has 0 amide bonds. The lowest BCUT2D eigenvalue weighted by molar-refractivity contribution is -0.274. The zero-order chi connectivity index (χ0) is 21.9.